The van der Waals surface area contributed by atoms with Crippen molar-refractivity contribution in [2.75, 3.05) is 39.3 Å². The lowest BCUT2D eigenvalue weighted by Crippen LogP contribution is -2.59. The van der Waals surface area contributed by atoms with Crippen molar-refractivity contribution in [3.8, 4) is 0 Å². The number of nitrogens with two attached hydrogens (primary N) is 1. The van der Waals surface area contributed by atoms with Crippen LogP contribution < -0.4 is 112 Å². The van der Waals surface area contributed by atoms with Gasteiger partial charge in [0.15, 0.2) is 0 Å². The van der Waals surface area contributed by atoms with Crippen molar-refractivity contribution in [1.82, 2.24) is 106 Å². The van der Waals surface area contributed by atoms with Gasteiger partial charge >= 0.3 is 42.3 Å². The number of rotatable bonds is 48. The topological polar surface area (TPSA) is 532 Å². The third kappa shape index (κ3) is 47.1. The average Bonchev–Trinajstić information content (AvgIpc) is 0.903. The molecule has 1 unspecified atom stereocenters. The van der Waals surface area contributed by atoms with E-state index in [-0.39, 0.29) is 106 Å². The fourth-order valence-electron chi connectivity index (χ4n) is 11.0. The molecule has 0 rings (SSSR count). The van der Waals surface area contributed by atoms with Gasteiger partial charge in [-0.25, -0.2) is 33.6 Å². The van der Waals surface area contributed by atoms with Gasteiger partial charge in [0, 0.05) is 69.5 Å². The lowest BCUT2D eigenvalue weighted by molar-refractivity contribution is -0.134. The monoisotopic (exact) mass is 1590 g/mol. The van der Waals surface area contributed by atoms with Gasteiger partial charge in [0.2, 0.25) is 47.3 Å². The Kier molecular flexibility index (Phi) is 47.7. The molecule has 0 radical (unpaired) electrons. The minimum atomic E-state index is -1.13. The van der Waals surface area contributed by atoms with Crippen LogP contribution in [0.25, 0.3) is 0 Å². The molecule has 0 heterocycles. The highest BCUT2D eigenvalue weighted by molar-refractivity contribution is 5.97. The number of amides is 21. The highest BCUT2D eigenvalue weighted by Crippen LogP contribution is 2.14. The van der Waals surface area contributed by atoms with E-state index in [1.165, 1.54) is 27.7 Å². The number of alkyl carbamates (subject to hydrolysis) is 1. The van der Waals surface area contributed by atoms with E-state index in [0.29, 0.717) is 19.3 Å². The third-order valence-electron chi connectivity index (χ3n) is 17.1. The van der Waals surface area contributed by atoms with Crippen molar-refractivity contribution in [2.24, 2.45) is 53.1 Å². The van der Waals surface area contributed by atoms with E-state index in [0.717, 1.165) is 0 Å². The Morgan fingerprint density at radius 3 is 0.848 bits per heavy atom. The Morgan fingerprint density at radius 2 is 0.527 bits per heavy atom. The summed E-state index contributed by atoms with van der Waals surface area (Å²) < 4.78 is 5.24. The lowest BCUT2D eigenvalue weighted by atomic mass is 10.00. The molecule has 21 amide bonds. The molecule has 0 saturated carbocycles. The van der Waals surface area contributed by atoms with Crippen LogP contribution in [0.5, 0.6) is 0 Å². The maximum atomic E-state index is 13.9. The molecule has 644 valence electrons. The summed E-state index contributed by atoms with van der Waals surface area (Å²) in [6.07, 6.45) is 1.09. The number of carbonyl (C=O) groups is 15. The normalized spacial score (nSPS) is 15.3. The van der Waals surface area contributed by atoms with E-state index < -0.39 is 180 Å². The number of hydrogen-bond donors (Lipinski definition) is 21. The molecule has 22 N–H and O–H groups in total. The first-order valence-corrected chi connectivity index (χ1v) is 39.4. The standard InChI is InChI=1S/C75H143N21O16/c1-38(2)26-52(34-79-70(107)87-50(21)63(100)92-55(29-41(7)8)65(102)85-48(19)61(98)91-54(60(76)97)28-40(5)6)89-71(108)77-33-47(18)84-69(106)82-37-59(45(15)16)96-73(110)80-35-53(27-39(3)4)90-72(109)78-32-46(17)83-68(105)81-36-58(44(13)14)95-67(104)57(31-43(11)12)94-62(99)49(20)86-66(103)56(30-42(9)10)93-64(101)51(22)88-74(111)112-75(23,24)25/h38-59H,26-37H2,1-25H3,(H2,76,97)(H,85,102)(H,86,103)(H,88,111)(H,91,98)(H,92,100)(H,93,101)(H,94,99)(H,95,104)(H2,77,89,108)(H2,78,90,109)(H2,79,87,107)(H2,80,96,110)(H2,81,83,105)(H2,82,84,106)/t46-,47-,48-,49-,50-,51-,52-,53-,54?,55-,56-,57-,58+,59+/m0/s1. The number of ether oxygens (including phenoxy) is 1. The second-order valence-corrected chi connectivity index (χ2v) is 33.5. The van der Waals surface area contributed by atoms with Crippen LogP contribution in [0.4, 0.5) is 33.6 Å². The van der Waals surface area contributed by atoms with Gasteiger partial charge in [-0.05, 0) is 148 Å². The van der Waals surface area contributed by atoms with Crippen LogP contribution in [-0.4, -0.2) is 219 Å². The zero-order chi connectivity index (χ0) is 86.2. The highest BCUT2D eigenvalue weighted by atomic mass is 16.6. The summed E-state index contributed by atoms with van der Waals surface area (Å²) in [7, 11) is 0. The van der Waals surface area contributed by atoms with Crippen LogP contribution in [0, 0.1) is 47.3 Å². The van der Waals surface area contributed by atoms with Gasteiger partial charge in [0.25, 0.3) is 0 Å². The van der Waals surface area contributed by atoms with Crippen LogP contribution >= 0.6 is 0 Å². The quantitative estimate of drug-likeness (QED) is 0.0416. The van der Waals surface area contributed by atoms with Crippen LogP contribution in [0.1, 0.15) is 212 Å². The Hall–Kier alpha value is -9.35. The first-order chi connectivity index (χ1) is 51.8. The van der Waals surface area contributed by atoms with Crippen molar-refractivity contribution < 1.29 is 76.7 Å². The van der Waals surface area contributed by atoms with Crippen LogP contribution in [0.15, 0.2) is 0 Å². The van der Waals surface area contributed by atoms with Gasteiger partial charge in [-0.2, -0.15) is 0 Å². The van der Waals surface area contributed by atoms with Crippen molar-refractivity contribution in [1.29, 1.82) is 0 Å². The molecule has 0 bridgehead atoms. The molecule has 0 aromatic carbocycles. The third-order valence-corrected chi connectivity index (χ3v) is 17.1. The van der Waals surface area contributed by atoms with Gasteiger partial charge in [-0.15, -0.1) is 0 Å². The first kappa shape index (κ1) is 103. The van der Waals surface area contributed by atoms with Gasteiger partial charge in [0.1, 0.15) is 53.9 Å². The fourth-order valence-corrected chi connectivity index (χ4v) is 11.0. The lowest BCUT2D eigenvalue weighted by Gasteiger charge is -2.28. The summed E-state index contributed by atoms with van der Waals surface area (Å²) in [6.45, 7) is 44.3. The number of nitrogens with one attached hydrogen (secondary N) is 20. The maximum Gasteiger partial charge on any atom is 0.408 e. The molecule has 0 aromatic heterocycles. The van der Waals surface area contributed by atoms with Crippen molar-refractivity contribution >= 4 is 89.5 Å². The maximum absolute atomic E-state index is 13.9. The summed E-state index contributed by atoms with van der Waals surface area (Å²) >= 11 is 0. The molecule has 0 aliphatic carbocycles. The first-order valence-electron chi connectivity index (χ1n) is 39.4. The average molecular weight is 1600 g/mol. The van der Waals surface area contributed by atoms with E-state index in [9.17, 15) is 71.9 Å². The minimum Gasteiger partial charge on any atom is -0.444 e. The molecule has 112 heavy (non-hydrogen) atoms. The molecule has 0 fully saturated rings. The van der Waals surface area contributed by atoms with Crippen molar-refractivity contribution in [3.05, 3.63) is 0 Å². The zero-order valence-electron chi connectivity index (χ0n) is 71.3. The molecule has 0 aliphatic heterocycles. The SMILES string of the molecule is CC(C)CC(NC(=O)[C@H](C)NC(=O)[C@H](CC(C)C)NC(=O)[C@H](C)NC(=O)NC[C@H](CC(C)C)NC(=O)NC[C@H](C)NC(=O)NC[C@@H](NC(=O)NC[C@H](CC(C)C)NC(=O)NC[C@H](C)NC(=O)NC[C@@H](NC(=O)[C@H](CC(C)C)NC(=O)[C@H](C)NC(=O)[C@H](CC(C)C)NC(=O)[C@H](C)NC(=O)OC(C)(C)C)C(C)C)C(C)C)C(N)=O. The van der Waals surface area contributed by atoms with Gasteiger partial charge in [0.05, 0.1) is 6.04 Å². The number of hydrogen-bond acceptors (Lipinski definition) is 16. The van der Waals surface area contributed by atoms with Crippen LogP contribution in [0.2, 0.25) is 0 Å². The second kappa shape index (κ2) is 52.1. The highest BCUT2D eigenvalue weighted by Gasteiger charge is 2.34. The molecule has 0 spiro atoms. The predicted octanol–water partition coefficient (Wildman–Crippen LogP) is 2.47. The predicted molar refractivity (Wildman–Crippen MR) is 428 cm³/mol. The van der Waals surface area contributed by atoms with E-state index in [1.807, 2.05) is 111 Å². The molecular formula is C75H143N21O16. The zero-order valence-corrected chi connectivity index (χ0v) is 71.3. The number of primary amides is 1. The Labute approximate surface area is 664 Å². The molecule has 0 aliphatic rings. The summed E-state index contributed by atoms with van der Waals surface area (Å²) in [5, 5.41) is 54.4. The van der Waals surface area contributed by atoms with E-state index in [2.05, 4.69) is 106 Å². The van der Waals surface area contributed by atoms with Gasteiger partial charge < -0.3 is 117 Å². The minimum absolute atomic E-state index is 0.00492. The van der Waals surface area contributed by atoms with E-state index >= 15 is 0 Å². The largest absolute Gasteiger partial charge is 0.444 e. The summed E-state index contributed by atoms with van der Waals surface area (Å²) in [5.41, 5.74) is 4.67. The summed E-state index contributed by atoms with van der Waals surface area (Å²) in [6, 6.07) is -15.4. The molecule has 14 atom stereocenters. The van der Waals surface area contributed by atoms with Gasteiger partial charge in [-0.3, -0.25) is 38.4 Å². The van der Waals surface area contributed by atoms with E-state index in [1.54, 1.807) is 34.6 Å². The molecule has 37 heteroatoms. The Balaban J connectivity index is 5.38. The number of urea groups is 6. The fraction of sp³-hybridized carbons (Fsp3) is 0.800. The Morgan fingerprint density at radius 1 is 0.268 bits per heavy atom. The van der Waals surface area contributed by atoms with Crippen molar-refractivity contribution in [2.45, 2.75) is 302 Å². The Bertz CT molecular complexity index is 3020. The summed E-state index contributed by atoms with van der Waals surface area (Å²) in [4.78, 5) is 197. The molecular weight excluding hydrogens is 1450 g/mol. The molecule has 37 nitrogen and oxygen atoms in total. The van der Waals surface area contributed by atoms with E-state index in [4.69, 9.17) is 10.5 Å². The van der Waals surface area contributed by atoms with Crippen molar-refractivity contribution in [3.63, 3.8) is 0 Å². The molecule has 0 aromatic rings. The summed E-state index contributed by atoms with van der Waals surface area (Å²) in [5.74, 6) is -5.36. The smallest absolute Gasteiger partial charge is 0.408 e. The van der Waals surface area contributed by atoms with Crippen LogP contribution in [-0.2, 0) is 43.1 Å². The van der Waals surface area contributed by atoms with Crippen LogP contribution in [0.3, 0.4) is 0 Å². The van der Waals surface area contributed by atoms with Gasteiger partial charge in [-0.1, -0.05) is 111 Å². The number of carbonyl (C=O) groups excluding carboxylic acids is 15. The molecule has 0 saturated heterocycles. The second-order valence-electron chi connectivity index (χ2n) is 33.5.